The molecule has 0 radical (unpaired) electrons. The fourth-order valence-electron chi connectivity index (χ4n) is 1.77. The summed E-state index contributed by atoms with van der Waals surface area (Å²) in [5.41, 5.74) is 6.31. The zero-order valence-electron chi connectivity index (χ0n) is 8.28. The van der Waals surface area contributed by atoms with Crippen LogP contribution >= 0.6 is 0 Å². The molecule has 0 spiro atoms. The summed E-state index contributed by atoms with van der Waals surface area (Å²) in [5, 5.41) is 8.67. The molecule has 0 bridgehead atoms. The summed E-state index contributed by atoms with van der Waals surface area (Å²) in [5.74, 6) is -0.402. The van der Waals surface area contributed by atoms with Crippen LogP contribution in [0.15, 0.2) is 18.2 Å². The molecule has 1 heterocycles. The Morgan fingerprint density at radius 3 is 2.87 bits per heavy atom. The van der Waals surface area contributed by atoms with Crippen molar-refractivity contribution in [2.24, 2.45) is 5.73 Å². The summed E-state index contributed by atoms with van der Waals surface area (Å²) in [6.07, 6.45) is 0. The van der Waals surface area contributed by atoms with Gasteiger partial charge in [-0.3, -0.25) is 4.90 Å². The van der Waals surface area contributed by atoms with E-state index in [1.165, 1.54) is 6.07 Å². The van der Waals surface area contributed by atoms with E-state index < -0.39 is 5.82 Å². The summed E-state index contributed by atoms with van der Waals surface area (Å²) in [6, 6.07) is 6.95. The Morgan fingerprint density at radius 2 is 2.27 bits per heavy atom. The van der Waals surface area contributed by atoms with Gasteiger partial charge in [0.25, 0.3) is 0 Å². The molecule has 0 atom stereocenters. The maximum atomic E-state index is 13.6. The van der Waals surface area contributed by atoms with E-state index in [4.69, 9.17) is 11.0 Å². The lowest BCUT2D eigenvalue weighted by atomic mass is 10.1. The smallest absolute Gasteiger partial charge is 0.145 e. The van der Waals surface area contributed by atoms with Crippen LogP contribution in [0.3, 0.4) is 0 Å². The predicted molar refractivity (Wildman–Crippen MR) is 54.4 cm³/mol. The zero-order valence-corrected chi connectivity index (χ0v) is 8.28. The van der Waals surface area contributed by atoms with E-state index in [0.717, 1.165) is 13.1 Å². The van der Waals surface area contributed by atoms with Crippen molar-refractivity contribution < 1.29 is 4.39 Å². The number of hydrogen-bond donors (Lipinski definition) is 1. The molecule has 78 valence electrons. The molecule has 1 aromatic rings. The van der Waals surface area contributed by atoms with E-state index in [9.17, 15) is 4.39 Å². The molecule has 1 fully saturated rings. The fraction of sp³-hybridized carbons (Fsp3) is 0.364. The monoisotopic (exact) mass is 205 g/mol. The third kappa shape index (κ3) is 1.99. The van der Waals surface area contributed by atoms with E-state index in [0.29, 0.717) is 12.1 Å². The maximum absolute atomic E-state index is 13.6. The Balaban J connectivity index is 2.12. The lowest BCUT2D eigenvalue weighted by Crippen LogP contribution is -2.54. The minimum Gasteiger partial charge on any atom is -0.325 e. The van der Waals surface area contributed by atoms with Gasteiger partial charge in [0.1, 0.15) is 11.9 Å². The van der Waals surface area contributed by atoms with Gasteiger partial charge >= 0.3 is 0 Å². The van der Waals surface area contributed by atoms with Gasteiger partial charge in [-0.25, -0.2) is 4.39 Å². The van der Waals surface area contributed by atoms with Gasteiger partial charge in [0.2, 0.25) is 0 Å². The van der Waals surface area contributed by atoms with Crippen molar-refractivity contribution in [3.8, 4) is 6.07 Å². The third-order valence-corrected chi connectivity index (χ3v) is 2.58. The standard InChI is InChI=1S/C11H12FN3/c12-11-8(4-13)2-1-3-9(11)5-15-6-10(14)7-15/h1-3,10H,5-7,14H2. The van der Waals surface area contributed by atoms with Crippen molar-refractivity contribution in [3.63, 3.8) is 0 Å². The number of benzene rings is 1. The van der Waals surface area contributed by atoms with E-state index in [2.05, 4.69) is 4.90 Å². The molecule has 3 nitrogen and oxygen atoms in total. The van der Waals surface area contributed by atoms with Crippen LogP contribution in [0.4, 0.5) is 4.39 Å². The van der Waals surface area contributed by atoms with E-state index in [-0.39, 0.29) is 11.6 Å². The SMILES string of the molecule is N#Cc1cccc(CN2CC(N)C2)c1F. The highest BCUT2D eigenvalue weighted by molar-refractivity contribution is 5.35. The lowest BCUT2D eigenvalue weighted by molar-refractivity contribution is 0.140. The van der Waals surface area contributed by atoms with Crippen LogP contribution in [0.5, 0.6) is 0 Å². The average Bonchev–Trinajstić information content (AvgIpc) is 2.18. The summed E-state index contributed by atoms with van der Waals surface area (Å²) >= 11 is 0. The second kappa shape index (κ2) is 3.97. The first kappa shape index (κ1) is 10.1. The first-order chi connectivity index (χ1) is 7.20. The minimum absolute atomic E-state index is 0.109. The van der Waals surface area contributed by atoms with Gasteiger partial charge in [-0.2, -0.15) is 5.26 Å². The molecule has 0 unspecified atom stereocenters. The molecule has 1 aliphatic heterocycles. The van der Waals surface area contributed by atoms with E-state index in [1.807, 2.05) is 6.07 Å². The highest BCUT2D eigenvalue weighted by atomic mass is 19.1. The summed E-state index contributed by atoms with van der Waals surface area (Å²) < 4.78 is 13.6. The second-order valence-electron chi connectivity index (χ2n) is 3.84. The Hall–Kier alpha value is -1.44. The van der Waals surface area contributed by atoms with Crippen LogP contribution in [0.1, 0.15) is 11.1 Å². The number of rotatable bonds is 2. The normalized spacial score (nSPS) is 17.1. The molecule has 0 amide bonds. The average molecular weight is 205 g/mol. The van der Waals surface area contributed by atoms with Crippen molar-refractivity contribution in [2.45, 2.75) is 12.6 Å². The van der Waals surface area contributed by atoms with Gasteiger partial charge in [0, 0.05) is 31.2 Å². The minimum atomic E-state index is -0.402. The number of likely N-dealkylation sites (tertiary alicyclic amines) is 1. The van der Waals surface area contributed by atoms with Crippen LogP contribution in [-0.4, -0.2) is 24.0 Å². The highest BCUT2D eigenvalue weighted by Gasteiger charge is 2.23. The Morgan fingerprint density at radius 1 is 1.53 bits per heavy atom. The van der Waals surface area contributed by atoms with Gasteiger partial charge < -0.3 is 5.73 Å². The van der Waals surface area contributed by atoms with Gasteiger partial charge in [-0.1, -0.05) is 12.1 Å². The molecule has 1 aliphatic rings. The summed E-state index contributed by atoms with van der Waals surface area (Å²) in [4.78, 5) is 2.06. The maximum Gasteiger partial charge on any atom is 0.145 e. The first-order valence-corrected chi connectivity index (χ1v) is 4.86. The largest absolute Gasteiger partial charge is 0.325 e. The molecule has 15 heavy (non-hydrogen) atoms. The van der Waals surface area contributed by atoms with Crippen LogP contribution in [0, 0.1) is 17.1 Å². The summed E-state index contributed by atoms with van der Waals surface area (Å²) in [6.45, 7) is 2.14. The van der Waals surface area contributed by atoms with Crippen LogP contribution in [0.2, 0.25) is 0 Å². The van der Waals surface area contributed by atoms with Crippen LogP contribution in [0.25, 0.3) is 0 Å². The second-order valence-corrected chi connectivity index (χ2v) is 3.84. The third-order valence-electron chi connectivity index (χ3n) is 2.58. The van der Waals surface area contributed by atoms with Crippen molar-refractivity contribution in [1.82, 2.24) is 4.90 Å². The Bertz CT molecular complexity index is 405. The van der Waals surface area contributed by atoms with Crippen molar-refractivity contribution in [1.29, 1.82) is 5.26 Å². The van der Waals surface area contributed by atoms with Crippen LogP contribution < -0.4 is 5.73 Å². The van der Waals surface area contributed by atoms with Gasteiger partial charge in [0.05, 0.1) is 5.56 Å². The number of nitriles is 1. The molecule has 1 aromatic carbocycles. The van der Waals surface area contributed by atoms with Gasteiger partial charge in [0.15, 0.2) is 0 Å². The molecule has 4 heteroatoms. The molecular weight excluding hydrogens is 193 g/mol. The quantitative estimate of drug-likeness (QED) is 0.778. The molecule has 0 saturated carbocycles. The first-order valence-electron chi connectivity index (χ1n) is 4.86. The lowest BCUT2D eigenvalue weighted by Gasteiger charge is -2.36. The van der Waals surface area contributed by atoms with Gasteiger partial charge in [-0.15, -0.1) is 0 Å². The van der Waals surface area contributed by atoms with Crippen molar-refractivity contribution in [3.05, 3.63) is 35.1 Å². The van der Waals surface area contributed by atoms with Crippen LogP contribution in [-0.2, 0) is 6.54 Å². The number of nitrogens with zero attached hydrogens (tertiary/aromatic N) is 2. The molecular formula is C11H12FN3. The molecule has 2 rings (SSSR count). The highest BCUT2D eigenvalue weighted by Crippen LogP contribution is 2.17. The van der Waals surface area contributed by atoms with Gasteiger partial charge in [-0.05, 0) is 6.07 Å². The zero-order chi connectivity index (χ0) is 10.8. The molecule has 0 aromatic heterocycles. The predicted octanol–water partition coefficient (Wildman–Crippen LogP) is 0.840. The topological polar surface area (TPSA) is 53.0 Å². The van der Waals surface area contributed by atoms with E-state index in [1.54, 1.807) is 12.1 Å². The Kier molecular flexibility index (Phi) is 2.67. The number of hydrogen-bond acceptors (Lipinski definition) is 3. The molecule has 1 saturated heterocycles. The number of nitrogens with two attached hydrogens (primary N) is 1. The van der Waals surface area contributed by atoms with Crippen molar-refractivity contribution in [2.75, 3.05) is 13.1 Å². The molecule has 0 aliphatic carbocycles. The summed E-state index contributed by atoms with van der Waals surface area (Å²) in [7, 11) is 0. The number of halogens is 1. The Labute approximate surface area is 87.9 Å². The molecule has 2 N–H and O–H groups in total. The van der Waals surface area contributed by atoms with Crippen molar-refractivity contribution >= 4 is 0 Å². The van der Waals surface area contributed by atoms with E-state index >= 15 is 0 Å². The fourth-order valence-corrected chi connectivity index (χ4v) is 1.77.